The van der Waals surface area contributed by atoms with Gasteiger partial charge in [0.05, 0.1) is 11.7 Å². The van der Waals surface area contributed by atoms with E-state index in [2.05, 4.69) is 20.3 Å². The lowest BCUT2D eigenvalue weighted by Gasteiger charge is -2.21. The molecule has 0 aliphatic heterocycles. The van der Waals surface area contributed by atoms with Crippen LogP contribution in [0.2, 0.25) is 0 Å². The highest BCUT2D eigenvalue weighted by Gasteiger charge is 2.20. The second kappa shape index (κ2) is 7.07. The number of carbonyl (C=O) groups is 1. The molecule has 0 radical (unpaired) electrons. The SMILES string of the molecule is C[C@H](OC(=O)NC(C)(C)C)c1nc2cc(-c3ccncc3F)sc2c(=O)[nH]1. The van der Waals surface area contributed by atoms with Crippen LogP contribution in [0.3, 0.4) is 0 Å². The van der Waals surface area contributed by atoms with E-state index in [0.29, 0.717) is 20.7 Å². The largest absolute Gasteiger partial charge is 0.438 e. The molecular formula is C18H19FN4O3S. The number of pyridine rings is 1. The first-order valence-corrected chi connectivity index (χ1v) is 9.08. The third-order valence-corrected chi connectivity index (χ3v) is 4.74. The highest BCUT2D eigenvalue weighted by Crippen LogP contribution is 2.32. The number of thiophene rings is 1. The zero-order chi connectivity index (χ0) is 19.8. The van der Waals surface area contributed by atoms with Gasteiger partial charge in [-0.05, 0) is 39.8 Å². The number of ether oxygens (including phenoxy) is 1. The monoisotopic (exact) mass is 390 g/mol. The topological polar surface area (TPSA) is 97.0 Å². The molecule has 0 aromatic carbocycles. The summed E-state index contributed by atoms with van der Waals surface area (Å²) in [5.74, 6) is -0.257. The van der Waals surface area contributed by atoms with Crippen molar-refractivity contribution in [3.05, 3.63) is 46.5 Å². The van der Waals surface area contributed by atoms with E-state index >= 15 is 0 Å². The Morgan fingerprint density at radius 3 is 2.81 bits per heavy atom. The molecule has 0 unspecified atom stereocenters. The fourth-order valence-corrected chi connectivity index (χ4v) is 3.43. The van der Waals surface area contributed by atoms with Crippen molar-refractivity contribution in [2.45, 2.75) is 39.3 Å². The van der Waals surface area contributed by atoms with Crippen molar-refractivity contribution in [1.29, 1.82) is 0 Å². The van der Waals surface area contributed by atoms with Crippen molar-refractivity contribution in [2.24, 2.45) is 0 Å². The molecule has 1 amide bonds. The average molecular weight is 390 g/mol. The minimum atomic E-state index is -0.759. The van der Waals surface area contributed by atoms with E-state index in [1.54, 1.807) is 13.0 Å². The molecule has 9 heteroatoms. The molecule has 0 aliphatic rings. The molecule has 7 nitrogen and oxygen atoms in total. The molecule has 3 heterocycles. The summed E-state index contributed by atoms with van der Waals surface area (Å²) in [6.07, 6.45) is 1.23. The lowest BCUT2D eigenvalue weighted by atomic mass is 10.1. The van der Waals surface area contributed by atoms with Crippen molar-refractivity contribution in [3.63, 3.8) is 0 Å². The van der Waals surface area contributed by atoms with Crippen LogP contribution < -0.4 is 10.9 Å². The summed E-state index contributed by atoms with van der Waals surface area (Å²) >= 11 is 1.14. The number of fused-ring (bicyclic) bond motifs is 1. The third-order valence-electron chi connectivity index (χ3n) is 3.59. The van der Waals surface area contributed by atoms with Crippen molar-refractivity contribution in [2.75, 3.05) is 0 Å². The predicted molar refractivity (Wildman–Crippen MR) is 101 cm³/mol. The van der Waals surface area contributed by atoms with Crippen LogP contribution in [-0.2, 0) is 4.74 Å². The summed E-state index contributed by atoms with van der Waals surface area (Å²) in [6, 6.07) is 3.18. The molecule has 3 aromatic rings. The fourth-order valence-electron chi connectivity index (χ4n) is 2.41. The van der Waals surface area contributed by atoms with E-state index in [-0.39, 0.29) is 11.4 Å². The van der Waals surface area contributed by atoms with Gasteiger partial charge in [-0.15, -0.1) is 11.3 Å². The zero-order valence-electron chi connectivity index (χ0n) is 15.3. The van der Waals surface area contributed by atoms with Crippen molar-refractivity contribution in [1.82, 2.24) is 20.3 Å². The molecule has 0 spiro atoms. The van der Waals surface area contributed by atoms with Crippen LogP contribution in [0.1, 0.15) is 39.6 Å². The number of aromatic amines is 1. The number of hydrogen-bond donors (Lipinski definition) is 2. The van der Waals surface area contributed by atoms with Gasteiger partial charge in [-0.2, -0.15) is 0 Å². The van der Waals surface area contributed by atoms with Gasteiger partial charge in [0.15, 0.2) is 11.9 Å². The number of H-pyrrole nitrogens is 1. The standard InChI is InChI=1S/C18H19FN4O3S/c1-9(26-17(25)23-18(2,3)4)15-21-12-7-13(27-14(12)16(24)22-15)10-5-6-20-8-11(10)19/h5-9H,1-4H3,(H,23,25)(H,21,22,24)/t9-/m0/s1. The van der Waals surface area contributed by atoms with Gasteiger partial charge in [0.1, 0.15) is 10.5 Å². The Labute approximate surface area is 158 Å². The third kappa shape index (κ3) is 4.30. The Balaban J connectivity index is 1.92. The van der Waals surface area contributed by atoms with Crippen LogP contribution in [-0.4, -0.2) is 26.6 Å². The molecule has 0 fully saturated rings. The second-order valence-corrected chi connectivity index (χ2v) is 8.11. The van der Waals surface area contributed by atoms with Gasteiger partial charge < -0.3 is 15.0 Å². The number of hydrogen-bond acceptors (Lipinski definition) is 6. The van der Waals surface area contributed by atoms with E-state index in [1.165, 1.54) is 12.3 Å². The number of rotatable bonds is 3. The quantitative estimate of drug-likeness (QED) is 0.709. The fraction of sp³-hybridized carbons (Fsp3) is 0.333. The Hall–Kier alpha value is -2.81. The summed E-state index contributed by atoms with van der Waals surface area (Å²) in [5, 5.41) is 2.68. The van der Waals surface area contributed by atoms with Crippen LogP contribution in [0.4, 0.5) is 9.18 Å². The second-order valence-electron chi connectivity index (χ2n) is 7.05. The summed E-state index contributed by atoms with van der Waals surface area (Å²) < 4.78 is 19.6. The molecule has 27 heavy (non-hydrogen) atoms. The van der Waals surface area contributed by atoms with Gasteiger partial charge in [0.25, 0.3) is 5.56 Å². The van der Waals surface area contributed by atoms with E-state index in [1.807, 2.05) is 20.8 Å². The average Bonchev–Trinajstić information content (AvgIpc) is 2.97. The molecule has 3 rings (SSSR count). The molecule has 0 bridgehead atoms. The maximum atomic E-state index is 14.0. The van der Waals surface area contributed by atoms with Gasteiger partial charge in [-0.3, -0.25) is 9.78 Å². The van der Waals surface area contributed by atoms with Crippen molar-refractivity contribution in [3.8, 4) is 10.4 Å². The molecule has 0 aliphatic carbocycles. The summed E-state index contributed by atoms with van der Waals surface area (Å²) in [7, 11) is 0. The number of alkyl carbamates (subject to hydrolysis) is 1. The van der Waals surface area contributed by atoms with Crippen LogP contribution >= 0.6 is 11.3 Å². The number of nitrogens with one attached hydrogen (secondary N) is 2. The Morgan fingerprint density at radius 1 is 1.41 bits per heavy atom. The Bertz CT molecular complexity index is 1050. The van der Waals surface area contributed by atoms with E-state index < -0.39 is 23.6 Å². The van der Waals surface area contributed by atoms with E-state index in [9.17, 15) is 14.0 Å². The first kappa shape index (κ1) is 19.0. The molecule has 2 N–H and O–H groups in total. The van der Waals surface area contributed by atoms with Crippen molar-refractivity contribution >= 4 is 27.6 Å². The van der Waals surface area contributed by atoms with Gasteiger partial charge in [-0.25, -0.2) is 14.2 Å². The summed E-state index contributed by atoms with van der Waals surface area (Å²) in [4.78, 5) is 35.6. The maximum Gasteiger partial charge on any atom is 0.408 e. The van der Waals surface area contributed by atoms with Crippen LogP contribution in [0, 0.1) is 5.82 Å². The number of nitrogens with zero attached hydrogens (tertiary/aromatic N) is 2. The Kier molecular flexibility index (Phi) is 4.97. The number of halogens is 1. The Morgan fingerprint density at radius 2 is 2.15 bits per heavy atom. The summed E-state index contributed by atoms with van der Waals surface area (Å²) in [6.45, 7) is 7.10. The maximum absolute atomic E-state index is 14.0. The van der Waals surface area contributed by atoms with E-state index in [4.69, 9.17) is 4.74 Å². The lowest BCUT2D eigenvalue weighted by molar-refractivity contribution is 0.0959. The highest BCUT2D eigenvalue weighted by atomic mass is 32.1. The van der Waals surface area contributed by atoms with Gasteiger partial charge >= 0.3 is 6.09 Å². The van der Waals surface area contributed by atoms with Crippen LogP contribution in [0.25, 0.3) is 20.7 Å². The predicted octanol–water partition coefficient (Wildman–Crippen LogP) is 3.77. The lowest BCUT2D eigenvalue weighted by Crippen LogP contribution is -2.41. The molecule has 0 saturated carbocycles. The van der Waals surface area contributed by atoms with Crippen molar-refractivity contribution < 1.29 is 13.9 Å². The summed E-state index contributed by atoms with van der Waals surface area (Å²) in [5.41, 5.74) is -0.0507. The van der Waals surface area contributed by atoms with Gasteiger partial charge in [-0.1, -0.05) is 0 Å². The smallest absolute Gasteiger partial charge is 0.408 e. The normalized spacial score (nSPS) is 12.8. The minimum absolute atomic E-state index is 0.219. The first-order chi connectivity index (χ1) is 12.6. The zero-order valence-corrected chi connectivity index (χ0v) is 16.1. The molecule has 1 atom stereocenters. The van der Waals surface area contributed by atoms with Gasteiger partial charge in [0, 0.05) is 22.2 Å². The molecule has 3 aromatic heterocycles. The minimum Gasteiger partial charge on any atom is -0.438 e. The molecular weight excluding hydrogens is 371 g/mol. The van der Waals surface area contributed by atoms with E-state index in [0.717, 1.165) is 17.5 Å². The highest BCUT2D eigenvalue weighted by molar-refractivity contribution is 7.22. The van der Waals surface area contributed by atoms with Gasteiger partial charge in [0.2, 0.25) is 0 Å². The number of aromatic nitrogens is 3. The van der Waals surface area contributed by atoms with Crippen LogP contribution in [0.5, 0.6) is 0 Å². The first-order valence-electron chi connectivity index (χ1n) is 8.26. The molecule has 142 valence electrons. The number of carbonyl (C=O) groups excluding carboxylic acids is 1. The number of amides is 1. The van der Waals surface area contributed by atoms with Crippen LogP contribution in [0.15, 0.2) is 29.3 Å². The molecule has 0 saturated heterocycles.